The molecule has 1 heterocycles. The van der Waals surface area contributed by atoms with Gasteiger partial charge in [-0.15, -0.1) is 0 Å². The third-order valence-corrected chi connectivity index (χ3v) is 17.7. The summed E-state index contributed by atoms with van der Waals surface area (Å²) in [5.74, 6) is -10.7. The normalized spacial score (nSPS) is 16.1. The molecule has 5 rings (SSSR count). The first kappa shape index (κ1) is 78.3. The highest BCUT2D eigenvalue weighted by atomic mass is 16.6. The van der Waals surface area contributed by atoms with E-state index in [0.29, 0.717) is 12.0 Å². The monoisotopic (exact) mass is 1350 g/mol. The number of likely N-dealkylation sites (N-methyl/N-ethyl adjacent to an activating group) is 5. The number of aliphatic carboxylic acids is 2. The Labute approximate surface area is 568 Å². The van der Waals surface area contributed by atoms with Gasteiger partial charge in [0.15, 0.2) is 0 Å². The lowest BCUT2D eigenvalue weighted by Crippen LogP contribution is -2.60. The van der Waals surface area contributed by atoms with Gasteiger partial charge in [-0.3, -0.25) is 57.6 Å². The molecule has 11 amide bonds. The molecule has 1 aliphatic heterocycles. The zero-order valence-corrected chi connectivity index (χ0v) is 58.5. The number of fused-ring (bicyclic) bond motifs is 3. The average Bonchev–Trinajstić information content (AvgIpc) is 1.62. The van der Waals surface area contributed by atoms with Crippen molar-refractivity contribution in [2.75, 3.05) is 54.9 Å². The summed E-state index contributed by atoms with van der Waals surface area (Å²) in [4.78, 5) is 184. The average molecular weight is 1350 g/mol. The van der Waals surface area contributed by atoms with Crippen molar-refractivity contribution in [2.24, 2.45) is 17.8 Å². The summed E-state index contributed by atoms with van der Waals surface area (Å²) in [6, 6.07) is 12.1. The third kappa shape index (κ3) is 21.0. The van der Waals surface area contributed by atoms with Gasteiger partial charge in [-0.25, -0.2) is 9.59 Å². The minimum atomic E-state index is -1.72. The van der Waals surface area contributed by atoms with E-state index in [-0.39, 0.29) is 68.9 Å². The van der Waals surface area contributed by atoms with Crippen LogP contribution in [-0.2, 0) is 68.7 Å². The van der Waals surface area contributed by atoms with Crippen molar-refractivity contribution in [3.8, 4) is 11.1 Å². The first-order valence-corrected chi connectivity index (χ1v) is 33.0. The minimum absolute atomic E-state index is 0.0336. The van der Waals surface area contributed by atoms with Gasteiger partial charge >= 0.3 is 18.0 Å². The Hall–Kier alpha value is -9.43. The molecule has 0 radical (unpaired) electrons. The highest BCUT2D eigenvalue weighted by Gasteiger charge is 2.42. The van der Waals surface area contributed by atoms with Gasteiger partial charge in [0.1, 0.15) is 67.0 Å². The van der Waals surface area contributed by atoms with Crippen molar-refractivity contribution in [1.82, 2.24) is 56.0 Å². The summed E-state index contributed by atoms with van der Waals surface area (Å²) in [6.45, 7) is 16.2. The molecule has 10 atom stereocenters. The number of hydrogen-bond donors (Lipinski definition) is 7. The van der Waals surface area contributed by atoms with Crippen molar-refractivity contribution in [3.05, 3.63) is 95.6 Å². The van der Waals surface area contributed by atoms with E-state index in [0.717, 1.165) is 48.9 Å². The molecule has 0 unspecified atom stereocenters. The number of amides is 11. The quantitative estimate of drug-likeness (QED) is 0.0458. The molecule has 1 aliphatic carbocycles. The second-order valence-corrected chi connectivity index (χ2v) is 26.8. The number of carboxylic acid groups (broad SMARTS) is 2. The number of nitrogens with zero attached hydrogens (tertiary/aromatic N) is 6. The highest BCUT2D eigenvalue weighted by Crippen LogP contribution is 2.44. The lowest BCUT2D eigenvalue weighted by atomic mass is 9.98. The van der Waals surface area contributed by atoms with Crippen LogP contribution in [0.3, 0.4) is 0 Å². The molecule has 27 heteroatoms. The number of carbonyl (C=O) groups excluding carboxylic acids is 11. The van der Waals surface area contributed by atoms with E-state index >= 15 is 0 Å². The molecule has 1 fully saturated rings. The standard InChI is InChI=1S/C70H99N11O16/c1-39(2)32-52(75-61(86)45(10)77(12)70(96)97-38-51-49-28-21-19-26-47(49)48-27-20-22-29-50(48)51)66(91)76(11)37-58(82)71-42(7)60(85)74-53(33-40(3)4)67(92)78(13)55(35-46-24-17-16-18-25-46)63(88)73-44(9)65(90)81-31-23-30-54(81)62(87)72-43(8)64(89)79(14)56(34-41(5)6)68(93)80(15)57(69(94)95)36-59(83)84/h16-22,24-29,39-45,51-57H,23,30-38H2,1-15H3,(H,71,82)(H,72,87)(H,73,88)(H,74,85)(H,75,86)(H,83,84)(H,94,95)/t42-,43-,44-,45-,52-,53-,54-,55-,56-,57-/m0/s1. The van der Waals surface area contributed by atoms with Gasteiger partial charge in [0.2, 0.25) is 59.1 Å². The van der Waals surface area contributed by atoms with Crippen LogP contribution in [0.25, 0.3) is 11.1 Å². The van der Waals surface area contributed by atoms with Crippen LogP contribution in [0.5, 0.6) is 0 Å². The fourth-order valence-electron chi connectivity index (χ4n) is 12.1. The maximum atomic E-state index is 14.7. The Morgan fingerprint density at radius 2 is 1.04 bits per heavy atom. The van der Waals surface area contributed by atoms with Gasteiger partial charge in [-0.1, -0.05) is 120 Å². The van der Waals surface area contributed by atoms with Crippen LogP contribution in [0.2, 0.25) is 0 Å². The SMILES string of the molecule is CC(C)C[C@H](NC(=O)[C@H](C)N(C)C(=O)OCC1c2ccccc2-c2ccccc21)C(=O)N(C)CC(=O)N[C@@H](C)C(=O)N[C@@H](CC(C)C)C(=O)N(C)[C@@H](Cc1ccccc1)C(=O)N[C@@H](C)C(=O)N1CCC[C@H]1C(=O)N[C@@H](C)C(=O)N(C)[C@@H](CC(C)C)C(=O)N(C)[C@@H](CC(=O)O)C(=O)O. The minimum Gasteiger partial charge on any atom is -0.481 e. The van der Waals surface area contributed by atoms with E-state index in [1.807, 2.05) is 76.2 Å². The number of benzene rings is 3. The van der Waals surface area contributed by atoms with E-state index in [4.69, 9.17) is 4.74 Å². The van der Waals surface area contributed by atoms with Gasteiger partial charge in [0, 0.05) is 54.1 Å². The van der Waals surface area contributed by atoms with Crippen LogP contribution in [0, 0.1) is 17.8 Å². The molecule has 2 aliphatic rings. The van der Waals surface area contributed by atoms with Crippen LogP contribution in [0.1, 0.15) is 130 Å². The summed E-state index contributed by atoms with van der Waals surface area (Å²) in [5, 5.41) is 32.5. The summed E-state index contributed by atoms with van der Waals surface area (Å²) >= 11 is 0. The third-order valence-electron chi connectivity index (χ3n) is 17.7. The van der Waals surface area contributed by atoms with Gasteiger partial charge in [-0.05, 0) is 105 Å². The molecular formula is C70H99N11O16. The number of nitrogens with one attached hydrogen (secondary N) is 5. The number of carbonyl (C=O) groups is 13. The predicted octanol–water partition coefficient (Wildman–Crippen LogP) is 3.61. The second-order valence-electron chi connectivity index (χ2n) is 26.8. The molecule has 0 spiro atoms. The maximum Gasteiger partial charge on any atom is 0.410 e. The molecule has 1 saturated heterocycles. The Kier molecular flexibility index (Phi) is 28.7. The van der Waals surface area contributed by atoms with Crippen molar-refractivity contribution < 1.29 is 77.3 Å². The lowest BCUT2D eigenvalue weighted by Gasteiger charge is -2.35. The smallest absolute Gasteiger partial charge is 0.410 e. The molecule has 97 heavy (non-hydrogen) atoms. The van der Waals surface area contributed by atoms with E-state index < -0.39 is 150 Å². The Balaban J connectivity index is 1.20. The van der Waals surface area contributed by atoms with Gasteiger partial charge < -0.3 is 66.0 Å². The molecular weight excluding hydrogens is 1250 g/mol. The molecule has 3 aromatic carbocycles. The molecule has 530 valence electrons. The van der Waals surface area contributed by atoms with Crippen LogP contribution in [0.4, 0.5) is 4.79 Å². The first-order valence-electron chi connectivity index (χ1n) is 33.0. The van der Waals surface area contributed by atoms with Crippen LogP contribution in [0.15, 0.2) is 78.9 Å². The van der Waals surface area contributed by atoms with Crippen molar-refractivity contribution in [3.63, 3.8) is 0 Å². The largest absolute Gasteiger partial charge is 0.481 e. The molecule has 0 aromatic heterocycles. The van der Waals surface area contributed by atoms with Crippen LogP contribution >= 0.6 is 0 Å². The Bertz CT molecular complexity index is 3300. The van der Waals surface area contributed by atoms with Gasteiger partial charge in [-0.2, -0.15) is 0 Å². The summed E-state index contributed by atoms with van der Waals surface area (Å²) in [5.41, 5.74) is 4.82. The van der Waals surface area contributed by atoms with Crippen molar-refractivity contribution >= 4 is 77.1 Å². The molecule has 0 saturated carbocycles. The number of hydrogen-bond acceptors (Lipinski definition) is 14. The van der Waals surface area contributed by atoms with Crippen LogP contribution in [-0.4, -0.2) is 232 Å². The molecule has 7 N–H and O–H groups in total. The van der Waals surface area contributed by atoms with E-state index in [1.54, 1.807) is 44.2 Å². The molecule has 27 nitrogen and oxygen atoms in total. The first-order chi connectivity index (χ1) is 45.6. The van der Waals surface area contributed by atoms with Gasteiger partial charge in [0.05, 0.1) is 13.0 Å². The zero-order valence-electron chi connectivity index (χ0n) is 58.5. The fourth-order valence-corrected chi connectivity index (χ4v) is 12.1. The second kappa shape index (κ2) is 35.5. The Morgan fingerprint density at radius 1 is 0.526 bits per heavy atom. The van der Waals surface area contributed by atoms with E-state index in [9.17, 15) is 72.5 Å². The van der Waals surface area contributed by atoms with Crippen molar-refractivity contribution in [2.45, 2.75) is 181 Å². The van der Waals surface area contributed by atoms with E-state index in [2.05, 4.69) is 26.6 Å². The van der Waals surface area contributed by atoms with Crippen LogP contribution < -0.4 is 26.6 Å². The highest BCUT2D eigenvalue weighted by molar-refractivity contribution is 5.99. The zero-order chi connectivity index (χ0) is 72.4. The molecule has 3 aromatic rings. The number of likely N-dealkylation sites (tertiary alicyclic amines) is 1. The summed E-state index contributed by atoms with van der Waals surface area (Å²) in [7, 11) is 6.66. The van der Waals surface area contributed by atoms with Gasteiger partial charge in [0.25, 0.3) is 0 Å². The number of ether oxygens (including phenoxy) is 1. The summed E-state index contributed by atoms with van der Waals surface area (Å²) in [6.07, 6.45) is -0.727. The maximum absolute atomic E-state index is 14.7. The topological polar surface area (TPSA) is 351 Å². The fraction of sp³-hybridized carbons (Fsp3) is 0.557. The number of carboxylic acids is 2. The Morgan fingerprint density at radius 3 is 1.59 bits per heavy atom. The molecule has 0 bridgehead atoms. The van der Waals surface area contributed by atoms with Crippen molar-refractivity contribution in [1.29, 1.82) is 0 Å². The summed E-state index contributed by atoms with van der Waals surface area (Å²) < 4.78 is 5.78. The van der Waals surface area contributed by atoms with E-state index in [1.165, 1.54) is 65.7 Å². The number of rotatable bonds is 33. The predicted molar refractivity (Wildman–Crippen MR) is 359 cm³/mol. The lowest BCUT2D eigenvalue weighted by molar-refractivity contribution is -0.156.